The number of aryl methyl sites for hydroxylation is 1. The number of aromatic nitrogens is 1. The van der Waals surface area contributed by atoms with Gasteiger partial charge in [-0.1, -0.05) is 60.9 Å². The van der Waals surface area contributed by atoms with Crippen LogP contribution < -0.4 is 5.32 Å². The Labute approximate surface area is 217 Å². The van der Waals surface area contributed by atoms with Crippen molar-refractivity contribution < 1.29 is 19.5 Å². The summed E-state index contributed by atoms with van der Waals surface area (Å²) in [6.07, 6.45) is 2.83. The fourth-order valence-corrected chi connectivity index (χ4v) is 5.04. The molecule has 3 aromatic rings. The van der Waals surface area contributed by atoms with E-state index in [4.69, 9.17) is 16.1 Å². The van der Waals surface area contributed by atoms with Crippen molar-refractivity contribution in [1.82, 2.24) is 5.16 Å². The smallest absolute Gasteiger partial charge is 0.303 e. The lowest BCUT2D eigenvalue weighted by molar-refractivity contribution is -0.137. The highest BCUT2D eigenvalue weighted by Gasteiger charge is 2.36. The number of carbonyl (C=O) groups is 1. The molecule has 1 aliphatic rings. The lowest BCUT2D eigenvalue weighted by Crippen LogP contribution is -2.23. The van der Waals surface area contributed by atoms with Crippen LogP contribution >= 0.6 is 11.6 Å². The van der Waals surface area contributed by atoms with Gasteiger partial charge >= 0.3 is 5.97 Å². The van der Waals surface area contributed by atoms with Gasteiger partial charge < -0.3 is 20.1 Å². The summed E-state index contributed by atoms with van der Waals surface area (Å²) in [4.78, 5) is 11.4. The number of hydrogen-bond donors (Lipinski definition) is 3. The summed E-state index contributed by atoms with van der Waals surface area (Å²) in [6.45, 7) is 6.36. The number of halogens is 1. The third-order valence-electron chi connectivity index (χ3n) is 6.65. The van der Waals surface area contributed by atoms with Gasteiger partial charge in [-0.05, 0) is 67.7 Å². The van der Waals surface area contributed by atoms with E-state index in [-0.39, 0.29) is 18.8 Å². The Kier molecular flexibility index (Phi) is 8.37. The maximum absolute atomic E-state index is 11.4. The molecule has 1 fully saturated rings. The summed E-state index contributed by atoms with van der Waals surface area (Å²) >= 11 is 6.34. The first-order chi connectivity index (χ1) is 17.2. The molecule has 0 aliphatic heterocycles. The van der Waals surface area contributed by atoms with Crippen LogP contribution in [0.15, 0.2) is 47.0 Å². The third-order valence-corrected chi connectivity index (χ3v) is 6.96. The zero-order valence-electron chi connectivity index (χ0n) is 21.1. The molecule has 0 spiro atoms. The third kappa shape index (κ3) is 6.68. The molecule has 1 saturated carbocycles. The number of aliphatic hydroxyl groups excluding tert-OH is 1. The average Bonchev–Trinajstić information content (AvgIpc) is 3.56. The number of nitrogens with zero attached hydrogens (tertiary/aromatic N) is 1. The Balaban J connectivity index is 1.59. The van der Waals surface area contributed by atoms with E-state index in [0.29, 0.717) is 29.0 Å². The lowest BCUT2D eigenvalue weighted by atomic mass is 9.89. The minimum Gasteiger partial charge on any atom is -0.481 e. The first kappa shape index (κ1) is 26.2. The molecule has 1 heterocycles. The van der Waals surface area contributed by atoms with E-state index in [1.165, 1.54) is 5.56 Å². The van der Waals surface area contributed by atoms with E-state index in [9.17, 15) is 15.0 Å². The zero-order valence-corrected chi connectivity index (χ0v) is 21.9. The molecule has 192 valence electrons. The Hall–Kier alpha value is -2.83. The number of aliphatic hydroxyl groups is 1. The number of carboxylic acid groups (broad SMARTS) is 1. The largest absolute Gasteiger partial charge is 0.481 e. The van der Waals surface area contributed by atoms with Gasteiger partial charge in [-0.25, -0.2) is 0 Å². The van der Waals surface area contributed by atoms with Crippen LogP contribution in [0.2, 0.25) is 5.02 Å². The van der Waals surface area contributed by atoms with Crippen LogP contribution in [0.4, 0.5) is 5.69 Å². The molecule has 6 nitrogen and oxygen atoms in total. The van der Waals surface area contributed by atoms with Crippen LogP contribution in [0.5, 0.6) is 0 Å². The van der Waals surface area contributed by atoms with E-state index < -0.39 is 12.2 Å². The molecule has 36 heavy (non-hydrogen) atoms. The Morgan fingerprint density at radius 1 is 1.19 bits per heavy atom. The van der Waals surface area contributed by atoms with Crippen molar-refractivity contribution in [2.45, 2.75) is 77.4 Å². The number of anilines is 1. The molecule has 3 N–H and O–H groups in total. The van der Waals surface area contributed by atoms with Gasteiger partial charge in [-0.15, -0.1) is 0 Å². The Bertz CT molecular complexity index is 1180. The molecule has 4 rings (SSSR count). The van der Waals surface area contributed by atoms with Crippen molar-refractivity contribution in [1.29, 1.82) is 0 Å². The molecule has 2 aromatic carbocycles. The molecule has 2 atom stereocenters. The lowest BCUT2D eigenvalue weighted by Gasteiger charge is -2.21. The van der Waals surface area contributed by atoms with Crippen molar-refractivity contribution in [2.75, 3.05) is 5.32 Å². The van der Waals surface area contributed by atoms with Crippen LogP contribution in [-0.4, -0.2) is 27.6 Å². The topological polar surface area (TPSA) is 95.6 Å². The van der Waals surface area contributed by atoms with Gasteiger partial charge in [0.05, 0.1) is 16.4 Å². The zero-order chi connectivity index (χ0) is 25.8. The molecular weight excluding hydrogens is 476 g/mol. The van der Waals surface area contributed by atoms with Crippen LogP contribution in [0.25, 0.3) is 11.3 Å². The summed E-state index contributed by atoms with van der Waals surface area (Å²) in [5, 5.41) is 28.3. The second-order valence-corrected chi connectivity index (χ2v) is 10.8. The first-order valence-corrected chi connectivity index (χ1v) is 13.1. The number of rotatable bonds is 12. The van der Waals surface area contributed by atoms with Crippen LogP contribution in [0.1, 0.15) is 80.2 Å². The highest BCUT2D eigenvalue weighted by atomic mass is 35.5. The maximum Gasteiger partial charge on any atom is 0.303 e. The highest BCUT2D eigenvalue weighted by molar-refractivity contribution is 6.33. The second-order valence-electron chi connectivity index (χ2n) is 10.4. The summed E-state index contributed by atoms with van der Waals surface area (Å²) < 4.78 is 5.90. The van der Waals surface area contributed by atoms with Gasteiger partial charge in [0.25, 0.3) is 0 Å². The fourth-order valence-electron chi connectivity index (χ4n) is 4.75. The first-order valence-electron chi connectivity index (χ1n) is 12.7. The highest BCUT2D eigenvalue weighted by Crippen LogP contribution is 2.49. The van der Waals surface area contributed by atoms with Gasteiger partial charge in [-0.3, -0.25) is 4.79 Å². The quantitative estimate of drug-likeness (QED) is 0.224. The summed E-state index contributed by atoms with van der Waals surface area (Å²) in [5.41, 5.74) is 5.74. The van der Waals surface area contributed by atoms with Gasteiger partial charge in [-0.2, -0.15) is 0 Å². The number of benzene rings is 2. The second kappa shape index (κ2) is 11.5. The van der Waals surface area contributed by atoms with Crippen LogP contribution in [0, 0.1) is 12.8 Å². The number of carboxylic acids is 1. The summed E-state index contributed by atoms with van der Waals surface area (Å²) in [5.74, 6) is 0.538. The molecule has 7 heteroatoms. The Morgan fingerprint density at radius 3 is 2.53 bits per heavy atom. The Morgan fingerprint density at radius 2 is 1.92 bits per heavy atom. The molecule has 1 aromatic heterocycles. The predicted molar refractivity (Wildman–Crippen MR) is 143 cm³/mol. The normalized spacial score (nSPS) is 15.2. The van der Waals surface area contributed by atoms with Gasteiger partial charge in [0.2, 0.25) is 0 Å². The number of aliphatic carboxylic acids is 1. The van der Waals surface area contributed by atoms with Crippen molar-refractivity contribution >= 4 is 23.3 Å². The van der Waals surface area contributed by atoms with Gasteiger partial charge in [0.15, 0.2) is 5.76 Å². The van der Waals surface area contributed by atoms with E-state index in [1.807, 2.05) is 25.1 Å². The van der Waals surface area contributed by atoms with E-state index in [2.05, 4.69) is 48.6 Å². The SMILES string of the molecule is Cc1ccc(NC(O)CC(CCC(=O)O)c2noc(-c3ccc(CC(C)C)cc3)c2C2CC2)c(Cl)c1. The van der Waals surface area contributed by atoms with E-state index in [0.717, 1.165) is 47.4 Å². The van der Waals surface area contributed by atoms with Crippen molar-refractivity contribution in [3.8, 4) is 11.3 Å². The molecular formula is C29H35ClN2O4. The maximum atomic E-state index is 11.4. The minimum atomic E-state index is -0.925. The minimum absolute atomic E-state index is 0.0150. The summed E-state index contributed by atoms with van der Waals surface area (Å²) in [6, 6.07) is 14.0. The molecule has 0 amide bonds. The van der Waals surface area contributed by atoms with E-state index >= 15 is 0 Å². The number of hydrogen-bond acceptors (Lipinski definition) is 5. The molecule has 0 bridgehead atoms. The standard InChI is InChI=1S/C29H35ClN2O4/c1-17(2)14-19-5-7-21(8-6-19)29-27(20-9-10-20)28(32-36-29)22(11-13-26(34)35)16-25(33)31-24-12-4-18(3)15-23(24)30/h4-8,12,15,17,20,22,25,31,33H,9-11,13-14,16H2,1-3H3,(H,34,35). The van der Waals surface area contributed by atoms with E-state index in [1.54, 1.807) is 0 Å². The average molecular weight is 511 g/mol. The molecule has 2 unspecified atom stereocenters. The molecule has 0 saturated heterocycles. The summed E-state index contributed by atoms with van der Waals surface area (Å²) in [7, 11) is 0. The monoisotopic (exact) mass is 510 g/mol. The number of nitrogens with one attached hydrogen (secondary N) is 1. The van der Waals surface area contributed by atoms with Crippen molar-refractivity contribution in [3.63, 3.8) is 0 Å². The molecule has 1 aliphatic carbocycles. The van der Waals surface area contributed by atoms with Gasteiger partial charge in [0.1, 0.15) is 6.23 Å². The van der Waals surface area contributed by atoms with Crippen LogP contribution in [0.3, 0.4) is 0 Å². The molecule has 0 radical (unpaired) electrons. The predicted octanol–water partition coefficient (Wildman–Crippen LogP) is 7.15. The van der Waals surface area contributed by atoms with Gasteiger partial charge in [0, 0.05) is 29.9 Å². The van der Waals surface area contributed by atoms with Crippen molar-refractivity contribution in [3.05, 3.63) is 69.9 Å². The van der Waals surface area contributed by atoms with Crippen LogP contribution in [-0.2, 0) is 11.2 Å². The fraction of sp³-hybridized carbons (Fsp3) is 0.448. The van der Waals surface area contributed by atoms with Crippen molar-refractivity contribution in [2.24, 2.45) is 5.92 Å².